The molecule has 0 unspecified atom stereocenters. The van der Waals surface area contributed by atoms with Gasteiger partial charge in [-0.1, -0.05) is 19.2 Å². The lowest BCUT2D eigenvalue weighted by molar-refractivity contribution is 0.00853. The molecule has 0 aliphatic carbocycles. The standard InChI is InChI=1S/C27H31N5O2S/c1-3-6-22(4-2)32-11-5-7-20-17-21(8-9-24(20)32)26(33)31-18-23(19-31)29-12-14-30(15-13-29)27(34)25-28-10-16-35-25/h3-4,6,8-10,16-17,23H,1-2,5,7,11-15,18-19H2/b22-6+. The van der Waals surface area contributed by atoms with Gasteiger partial charge in [0.2, 0.25) is 0 Å². The Kier molecular flexibility index (Phi) is 6.83. The average Bonchev–Trinajstić information content (AvgIpc) is 3.41. The summed E-state index contributed by atoms with van der Waals surface area (Å²) in [5.74, 6) is 0.126. The van der Waals surface area contributed by atoms with E-state index in [-0.39, 0.29) is 11.8 Å². The third-order valence-electron chi connectivity index (χ3n) is 7.14. The molecule has 2 aromatic rings. The van der Waals surface area contributed by atoms with Gasteiger partial charge >= 0.3 is 0 Å². The average molecular weight is 490 g/mol. The summed E-state index contributed by atoms with van der Waals surface area (Å²) in [4.78, 5) is 38.3. The van der Waals surface area contributed by atoms with Gasteiger partial charge in [-0.05, 0) is 48.8 Å². The van der Waals surface area contributed by atoms with Crippen molar-refractivity contribution in [2.24, 2.45) is 0 Å². The van der Waals surface area contributed by atoms with Crippen molar-refractivity contribution < 1.29 is 9.59 Å². The van der Waals surface area contributed by atoms with E-state index in [0.29, 0.717) is 24.1 Å². The molecule has 3 aliphatic heterocycles. The summed E-state index contributed by atoms with van der Waals surface area (Å²) in [6, 6.07) is 6.44. The van der Waals surface area contributed by atoms with Crippen molar-refractivity contribution in [3.63, 3.8) is 0 Å². The molecule has 0 radical (unpaired) electrons. The highest BCUT2D eigenvalue weighted by atomic mass is 32.1. The van der Waals surface area contributed by atoms with E-state index < -0.39 is 0 Å². The van der Waals surface area contributed by atoms with E-state index in [1.165, 1.54) is 16.9 Å². The molecule has 0 spiro atoms. The molecule has 5 rings (SSSR count). The Morgan fingerprint density at radius 3 is 2.51 bits per heavy atom. The van der Waals surface area contributed by atoms with E-state index in [1.54, 1.807) is 12.3 Å². The number of fused-ring (bicyclic) bond motifs is 1. The van der Waals surface area contributed by atoms with Crippen molar-refractivity contribution >= 4 is 28.8 Å². The molecule has 1 aromatic heterocycles. The van der Waals surface area contributed by atoms with E-state index in [1.807, 2.05) is 33.4 Å². The lowest BCUT2D eigenvalue weighted by Gasteiger charge is -2.48. The summed E-state index contributed by atoms with van der Waals surface area (Å²) in [6.45, 7) is 13.2. The number of nitrogens with zero attached hydrogens (tertiary/aromatic N) is 5. The number of amides is 2. The monoisotopic (exact) mass is 489 g/mol. The highest BCUT2D eigenvalue weighted by molar-refractivity contribution is 7.11. The number of carbonyl (C=O) groups excluding carboxylic acids is 2. The Bertz CT molecular complexity index is 1140. The molecule has 0 bridgehead atoms. The van der Waals surface area contributed by atoms with E-state index in [9.17, 15) is 9.59 Å². The summed E-state index contributed by atoms with van der Waals surface area (Å²) >= 11 is 1.39. The van der Waals surface area contributed by atoms with Crippen molar-refractivity contribution in [3.05, 3.63) is 83.0 Å². The fraction of sp³-hybridized carbons (Fsp3) is 0.370. The SMILES string of the molecule is C=C/C=C(\C=C)N1CCCc2cc(C(=O)N3CC(N4CCN(C(=O)c5nccs5)CC4)C3)ccc21. The van der Waals surface area contributed by atoms with Crippen LogP contribution in [0.25, 0.3) is 0 Å². The highest BCUT2D eigenvalue weighted by Gasteiger charge is 2.37. The fourth-order valence-electron chi connectivity index (χ4n) is 5.18. The molecular formula is C27H31N5O2S. The topological polar surface area (TPSA) is 60.0 Å². The summed E-state index contributed by atoms with van der Waals surface area (Å²) in [6.07, 6.45) is 9.28. The van der Waals surface area contributed by atoms with Crippen molar-refractivity contribution in [1.82, 2.24) is 19.7 Å². The second-order valence-corrected chi connectivity index (χ2v) is 10.1. The molecule has 0 N–H and O–H groups in total. The number of carbonyl (C=O) groups is 2. The zero-order valence-corrected chi connectivity index (χ0v) is 20.8. The van der Waals surface area contributed by atoms with E-state index in [4.69, 9.17) is 0 Å². The molecule has 3 aliphatic rings. The molecule has 2 amide bonds. The van der Waals surface area contributed by atoms with Gasteiger partial charge in [0.05, 0.1) is 0 Å². The van der Waals surface area contributed by atoms with Crippen molar-refractivity contribution in [2.45, 2.75) is 18.9 Å². The first-order chi connectivity index (χ1) is 17.1. The molecule has 7 nitrogen and oxygen atoms in total. The van der Waals surface area contributed by atoms with Gasteiger partial charge < -0.3 is 14.7 Å². The molecule has 1 aromatic carbocycles. The number of benzene rings is 1. The number of hydrogen-bond acceptors (Lipinski definition) is 6. The van der Waals surface area contributed by atoms with Gasteiger partial charge in [0.15, 0.2) is 5.01 Å². The molecule has 8 heteroatoms. The molecule has 2 saturated heterocycles. The third kappa shape index (κ3) is 4.68. The summed E-state index contributed by atoms with van der Waals surface area (Å²) in [5.41, 5.74) is 4.14. The normalized spacial score (nSPS) is 19.2. The van der Waals surface area contributed by atoms with Crippen LogP contribution in [0.4, 0.5) is 5.69 Å². The van der Waals surface area contributed by atoms with Crippen LogP contribution in [0.5, 0.6) is 0 Å². The number of rotatable bonds is 6. The van der Waals surface area contributed by atoms with Gasteiger partial charge in [0.1, 0.15) is 0 Å². The maximum Gasteiger partial charge on any atom is 0.282 e. The number of piperazine rings is 1. The Balaban J connectivity index is 1.17. The van der Waals surface area contributed by atoms with Crippen molar-refractivity contribution in [1.29, 1.82) is 0 Å². The number of likely N-dealkylation sites (tertiary alicyclic amines) is 1. The van der Waals surface area contributed by atoms with Crippen LogP contribution in [0.2, 0.25) is 0 Å². The number of aromatic nitrogens is 1. The van der Waals surface area contributed by atoms with Crippen LogP contribution in [-0.2, 0) is 6.42 Å². The molecule has 0 atom stereocenters. The van der Waals surface area contributed by atoms with Crippen LogP contribution < -0.4 is 4.90 Å². The Morgan fingerprint density at radius 2 is 1.83 bits per heavy atom. The van der Waals surface area contributed by atoms with Crippen LogP contribution in [0, 0.1) is 0 Å². The predicted octanol–water partition coefficient (Wildman–Crippen LogP) is 3.43. The Hall–Kier alpha value is -3.23. The van der Waals surface area contributed by atoms with Crippen LogP contribution in [0.15, 0.2) is 66.9 Å². The van der Waals surface area contributed by atoms with Gasteiger partial charge in [0.25, 0.3) is 11.8 Å². The van der Waals surface area contributed by atoms with Crippen LogP contribution in [-0.4, -0.2) is 83.4 Å². The van der Waals surface area contributed by atoms with Crippen LogP contribution in [0.3, 0.4) is 0 Å². The van der Waals surface area contributed by atoms with Gasteiger partial charge in [-0.15, -0.1) is 11.3 Å². The maximum absolute atomic E-state index is 13.2. The minimum absolute atomic E-state index is 0.0243. The Labute approximate surface area is 210 Å². The van der Waals surface area contributed by atoms with Gasteiger partial charge in [-0.3, -0.25) is 14.5 Å². The third-order valence-corrected chi connectivity index (χ3v) is 7.90. The molecule has 35 heavy (non-hydrogen) atoms. The summed E-state index contributed by atoms with van der Waals surface area (Å²) < 4.78 is 0. The lowest BCUT2D eigenvalue weighted by atomic mass is 9.97. The highest BCUT2D eigenvalue weighted by Crippen LogP contribution is 2.32. The number of allylic oxidation sites excluding steroid dienone is 3. The molecule has 2 fully saturated rings. The molecule has 182 valence electrons. The zero-order chi connectivity index (χ0) is 24.4. The number of anilines is 1. The van der Waals surface area contributed by atoms with Crippen LogP contribution >= 0.6 is 11.3 Å². The minimum Gasteiger partial charge on any atom is -0.341 e. The number of aryl methyl sites for hydroxylation is 1. The van der Waals surface area contributed by atoms with Crippen molar-refractivity contribution in [3.8, 4) is 0 Å². The van der Waals surface area contributed by atoms with E-state index in [2.05, 4.69) is 40.1 Å². The summed E-state index contributed by atoms with van der Waals surface area (Å²) in [5, 5.41) is 2.39. The Morgan fingerprint density at radius 1 is 1.03 bits per heavy atom. The molecular weight excluding hydrogens is 458 g/mol. The van der Waals surface area contributed by atoms with Crippen molar-refractivity contribution in [2.75, 3.05) is 50.7 Å². The fourth-order valence-corrected chi connectivity index (χ4v) is 5.78. The lowest BCUT2D eigenvalue weighted by Crippen LogP contribution is -2.64. The van der Waals surface area contributed by atoms with E-state index >= 15 is 0 Å². The van der Waals surface area contributed by atoms with Crippen LogP contribution in [0.1, 0.15) is 32.1 Å². The zero-order valence-electron chi connectivity index (χ0n) is 19.9. The van der Waals surface area contributed by atoms with Gasteiger partial charge in [0, 0.05) is 80.4 Å². The molecule has 0 saturated carbocycles. The van der Waals surface area contributed by atoms with E-state index in [0.717, 1.165) is 62.5 Å². The second kappa shape index (κ2) is 10.2. The number of thiazole rings is 1. The first kappa shape index (κ1) is 23.5. The quantitative estimate of drug-likeness (QED) is 0.582. The van der Waals surface area contributed by atoms with Gasteiger partial charge in [-0.25, -0.2) is 4.98 Å². The second-order valence-electron chi connectivity index (χ2n) is 9.16. The number of hydrogen-bond donors (Lipinski definition) is 0. The summed E-state index contributed by atoms with van der Waals surface area (Å²) in [7, 11) is 0. The smallest absolute Gasteiger partial charge is 0.282 e. The first-order valence-corrected chi connectivity index (χ1v) is 13.0. The maximum atomic E-state index is 13.2. The largest absolute Gasteiger partial charge is 0.341 e. The first-order valence-electron chi connectivity index (χ1n) is 12.2. The minimum atomic E-state index is 0.0243. The molecule has 4 heterocycles. The predicted molar refractivity (Wildman–Crippen MR) is 140 cm³/mol. The van der Waals surface area contributed by atoms with Gasteiger partial charge in [-0.2, -0.15) is 0 Å².